The summed E-state index contributed by atoms with van der Waals surface area (Å²) in [4.78, 5) is 48.5. The second-order valence-corrected chi connectivity index (χ2v) is 22.4. The Labute approximate surface area is 507 Å². The zero-order valence-electron chi connectivity index (χ0n) is 48.6. The van der Waals surface area contributed by atoms with Crippen LogP contribution in [0, 0.1) is 27.7 Å². The molecule has 0 saturated carbocycles. The van der Waals surface area contributed by atoms with Gasteiger partial charge in [0.25, 0.3) is 0 Å². The summed E-state index contributed by atoms with van der Waals surface area (Å²) < 4.78 is 0. The topological polar surface area (TPSA) is 116 Å². The third-order valence-corrected chi connectivity index (χ3v) is 17.0. The van der Waals surface area contributed by atoms with Crippen molar-refractivity contribution in [2.24, 2.45) is 0 Å². The lowest BCUT2D eigenvalue weighted by Gasteiger charge is -2.35. The summed E-state index contributed by atoms with van der Waals surface area (Å²) in [5.74, 6) is 0. The van der Waals surface area contributed by atoms with Crippen LogP contribution >= 0.6 is 0 Å². The molecule has 418 valence electrons. The first-order valence-electron chi connectivity index (χ1n) is 29.4. The van der Waals surface area contributed by atoms with E-state index in [1.54, 1.807) is 24.8 Å². The summed E-state index contributed by atoms with van der Waals surface area (Å²) >= 11 is 0. The summed E-state index contributed by atoms with van der Waals surface area (Å²) in [6.07, 6.45) is 15.0. The minimum absolute atomic E-state index is 0.670. The fourth-order valence-electron chi connectivity index (χ4n) is 12.9. The molecule has 0 saturated heterocycles. The van der Waals surface area contributed by atoms with Gasteiger partial charge in [-0.3, -0.25) is 0 Å². The maximum absolute atomic E-state index is 5.06. The molecule has 0 unspecified atom stereocenters. The van der Waals surface area contributed by atoms with Gasteiger partial charge in [-0.05, 0) is 159 Å². The average Bonchev–Trinajstić information content (AvgIpc) is 0.747. The number of aromatic nitrogens is 8. The summed E-state index contributed by atoms with van der Waals surface area (Å²) in [5, 5.41) is 9.94. The van der Waals surface area contributed by atoms with Crippen LogP contribution in [0.5, 0.6) is 0 Å². The van der Waals surface area contributed by atoms with E-state index >= 15 is 0 Å². The van der Waals surface area contributed by atoms with Crippen LogP contribution in [0.3, 0.4) is 0 Å². The van der Waals surface area contributed by atoms with E-state index in [1.165, 1.54) is 0 Å². The van der Waals surface area contributed by atoms with Crippen molar-refractivity contribution in [2.45, 2.75) is 27.7 Å². The molecule has 8 aromatic heterocycles. The Kier molecular flexibility index (Phi) is 12.4. The summed E-state index contributed by atoms with van der Waals surface area (Å²) in [6.45, 7) is 8.71. The van der Waals surface area contributed by atoms with Crippen molar-refractivity contribution >= 4 is 145 Å². The van der Waals surface area contributed by atoms with Crippen LogP contribution < -0.4 is 19.6 Å². The molecule has 8 aromatic carbocycles. The van der Waals surface area contributed by atoms with Crippen LogP contribution in [-0.2, 0) is 0 Å². The maximum atomic E-state index is 5.06. The molecule has 8 heterocycles. The van der Waals surface area contributed by atoms with E-state index in [0.29, 0.717) is 22.6 Å². The molecule has 16 rings (SSSR count). The smallest absolute Gasteiger partial charge is 0.159 e. The second kappa shape index (κ2) is 21.1. The molecule has 16 aromatic rings. The first-order chi connectivity index (χ1) is 43.3. The largest absolute Gasteiger partial charge is 0.308 e. The Balaban J connectivity index is 1.11. The minimum atomic E-state index is 0.670. The maximum Gasteiger partial charge on any atom is 0.159 e. The molecule has 0 atom stereocenters. The van der Waals surface area contributed by atoms with Gasteiger partial charge in [0, 0.05) is 101 Å². The fraction of sp³-hybridized carbons (Fsp3) is 0.0526. The molecule has 0 spiro atoms. The van der Waals surface area contributed by atoms with Gasteiger partial charge in [0.2, 0.25) is 0 Å². The van der Waals surface area contributed by atoms with Crippen molar-refractivity contribution in [3.8, 4) is 0 Å². The molecule has 0 aliphatic rings. The van der Waals surface area contributed by atoms with Gasteiger partial charge in [-0.15, -0.1) is 0 Å². The van der Waals surface area contributed by atoms with Gasteiger partial charge < -0.3 is 19.6 Å². The molecule has 0 aliphatic heterocycles. The molecular formula is C76H54N12. The van der Waals surface area contributed by atoms with Crippen molar-refractivity contribution in [2.75, 3.05) is 19.6 Å². The van der Waals surface area contributed by atoms with Crippen LogP contribution in [0.1, 0.15) is 22.3 Å². The third kappa shape index (κ3) is 8.68. The Morgan fingerprint density at radius 1 is 0.227 bits per heavy atom. The second-order valence-electron chi connectivity index (χ2n) is 22.4. The van der Waals surface area contributed by atoms with Crippen molar-refractivity contribution < 1.29 is 0 Å². The Hall–Kier alpha value is -11.8. The normalized spacial score (nSPS) is 11.6. The van der Waals surface area contributed by atoms with Crippen LogP contribution in [0.2, 0.25) is 0 Å². The zero-order valence-corrected chi connectivity index (χ0v) is 48.6. The number of pyridine rings is 8. The van der Waals surface area contributed by atoms with E-state index in [4.69, 9.17) is 19.9 Å². The van der Waals surface area contributed by atoms with Gasteiger partial charge in [0.1, 0.15) is 0 Å². The molecule has 0 N–H and O–H groups in total. The van der Waals surface area contributed by atoms with Crippen molar-refractivity contribution in [1.29, 1.82) is 0 Å². The lowest BCUT2D eigenvalue weighted by Crippen LogP contribution is -2.17. The number of fused-ring (bicyclic) bond motifs is 4. The predicted octanol–water partition coefficient (Wildman–Crippen LogP) is 19.5. The van der Waals surface area contributed by atoms with Crippen LogP contribution in [0.4, 0.5) is 68.2 Å². The Morgan fingerprint density at radius 3 is 0.705 bits per heavy atom. The predicted molar refractivity (Wildman–Crippen MR) is 360 cm³/mol. The van der Waals surface area contributed by atoms with E-state index < -0.39 is 0 Å². The van der Waals surface area contributed by atoms with Gasteiger partial charge >= 0.3 is 0 Å². The number of rotatable bonds is 12. The first kappa shape index (κ1) is 51.8. The molecule has 0 radical (unpaired) electrons. The lowest BCUT2D eigenvalue weighted by molar-refractivity contribution is 1.20. The first-order valence-corrected chi connectivity index (χ1v) is 29.4. The van der Waals surface area contributed by atoms with E-state index in [2.05, 4.69) is 249 Å². The van der Waals surface area contributed by atoms with Gasteiger partial charge in [-0.25, -0.2) is 39.9 Å². The quantitative estimate of drug-likeness (QED) is 0.108. The van der Waals surface area contributed by atoms with Crippen LogP contribution in [0.25, 0.3) is 76.5 Å². The number of hydrogen-bond donors (Lipinski definition) is 0. The van der Waals surface area contributed by atoms with E-state index in [0.717, 1.165) is 144 Å². The van der Waals surface area contributed by atoms with Crippen LogP contribution in [-0.4, -0.2) is 39.9 Å². The summed E-state index contributed by atoms with van der Waals surface area (Å²) in [7, 11) is 0. The Bertz CT molecular complexity index is 4760. The Morgan fingerprint density at radius 2 is 0.466 bits per heavy atom. The van der Waals surface area contributed by atoms with Gasteiger partial charge in [0.05, 0.1) is 70.3 Å². The molecule has 12 nitrogen and oxygen atoms in total. The summed E-state index contributed by atoms with van der Waals surface area (Å²) in [6, 6.07) is 73.5. The molecule has 88 heavy (non-hydrogen) atoms. The molecule has 0 amide bonds. The number of aryl methyl sites for hydroxylation is 4. The highest BCUT2D eigenvalue weighted by molar-refractivity contribution is 6.33. The number of hydrogen-bond acceptors (Lipinski definition) is 12. The highest BCUT2D eigenvalue weighted by atomic mass is 15.2. The lowest BCUT2D eigenvalue weighted by atomic mass is 9.89. The van der Waals surface area contributed by atoms with E-state index in [9.17, 15) is 0 Å². The number of para-hydroxylation sites is 4. The highest BCUT2D eigenvalue weighted by Gasteiger charge is 2.31. The standard InChI is InChI=1S/C76H54N12/c1-47-17-5-9-25-63(47)85(55-37-51-21-13-33-77-73(51)81-43-55)67-41-68(86(64-26-10-6-18-48(64)2)56-38-52-22-14-34-78-74(52)82-44-56)60-31-32-62-70(88(66-28-12-8-20-50(66)4)58-40-54-24-16-36-80-76(54)84-46-58)42-69(61-30-29-59(67)71(60)72(61)62)87(65-27-11-7-19-49(65)3)57-39-53-23-15-35-79-75(53)83-45-57/h5-46H,1-4H3. The van der Waals surface area contributed by atoms with Crippen molar-refractivity contribution in [3.05, 3.63) is 278 Å². The summed E-state index contributed by atoms with van der Waals surface area (Å²) in [5.41, 5.74) is 18.4. The molecule has 0 fully saturated rings. The number of nitrogens with zero attached hydrogens (tertiary/aromatic N) is 12. The molecular weight excluding hydrogens is 1080 g/mol. The number of benzene rings is 8. The third-order valence-electron chi connectivity index (χ3n) is 17.0. The van der Waals surface area contributed by atoms with Crippen molar-refractivity contribution in [1.82, 2.24) is 39.9 Å². The molecule has 12 heteroatoms. The van der Waals surface area contributed by atoms with Gasteiger partial charge in [0.15, 0.2) is 22.6 Å². The van der Waals surface area contributed by atoms with E-state index in [1.807, 2.05) is 49.1 Å². The van der Waals surface area contributed by atoms with E-state index in [-0.39, 0.29) is 0 Å². The highest BCUT2D eigenvalue weighted by Crippen LogP contribution is 2.56. The SMILES string of the molecule is Cc1ccccc1N(c1cnc2ncccc2c1)c1cc(N(c2cnc3ncccc3c2)c2ccccc2C)c2ccc3c(N(c4cnc5ncccc5c4)c4ccccc4C)cc(N(c4cnc5ncccc5c4)c4ccccc4C)c4ccc1c2c43. The average molecular weight is 1140 g/mol. The van der Waals surface area contributed by atoms with Crippen molar-refractivity contribution in [3.63, 3.8) is 0 Å². The molecule has 0 aliphatic carbocycles. The van der Waals surface area contributed by atoms with Crippen LogP contribution in [0.15, 0.2) is 256 Å². The molecule has 0 bridgehead atoms. The minimum Gasteiger partial charge on any atom is -0.308 e. The zero-order chi connectivity index (χ0) is 59.0. The monoisotopic (exact) mass is 1130 g/mol. The number of anilines is 12. The fourth-order valence-corrected chi connectivity index (χ4v) is 12.9. The van der Waals surface area contributed by atoms with Gasteiger partial charge in [-0.2, -0.15) is 0 Å². The van der Waals surface area contributed by atoms with Gasteiger partial charge in [-0.1, -0.05) is 97.1 Å².